The lowest BCUT2D eigenvalue weighted by Gasteiger charge is -2.50. The lowest BCUT2D eigenvalue weighted by Crippen LogP contribution is -2.45. The molecule has 0 radical (unpaired) electrons. The van der Waals surface area contributed by atoms with Gasteiger partial charge in [0, 0.05) is 11.0 Å². The molecule has 170 valence electrons. The van der Waals surface area contributed by atoms with Crippen LogP contribution in [0.15, 0.2) is 49.1 Å². The maximum Gasteiger partial charge on any atom is 0.139 e. The van der Waals surface area contributed by atoms with E-state index in [0.717, 1.165) is 29.8 Å². The quantitative estimate of drug-likeness (QED) is 0.337. The number of ether oxygens (including phenoxy) is 1. The summed E-state index contributed by atoms with van der Waals surface area (Å²) in [4.78, 5) is 4.97. The van der Waals surface area contributed by atoms with Crippen molar-refractivity contribution in [3.05, 3.63) is 70.8 Å². The number of aromatic nitrogens is 1. The molecule has 4 heteroatoms. The van der Waals surface area contributed by atoms with Gasteiger partial charge < -0.3 is 9.84 Å². The highest BCUT2D eigenvalue weighted by atomic mass is 32.1. The van der Waals surface area contributed by atoms with Gasteiger partial charge in [-0.15, -0.1) is 17.9 Å². The van der Waals surface area contributed by atoms with E-state index in [1.165, 1.54) is 52.9 Å². The molecule has 3 nitrogen and oxygen atoms in total. The van der Waals surface area contributed by atoms with Crippen LogP contribution in [0.2, 0.25) is 0 Å². The van der Waals surface area contributed by atoms with E-state index in [4.69, 9.17) is 9.72 Å². The zero-order valence-electron chi connectivity index (χ0n) is 19.2. The topological polar surface area (TPSA) is 45.6 Å². The van der Waals surface area contributed by atoms with Crippen molar-refractivity contribution in [1.29, 1.82) is 0 Å². The molecular weight excluding hydrogens is 426 g/mol. The normalized spacial score (nSPS) is 36.4. The number of phenolic OH excluding ortho intramolecular Hbond substituents is 1. The molecule has 7 rings (SSSR count). The van der Waals surface area contributed by atoms with Crippen molar-refractivity contribution in [2.45, 2.75) is 69.5 Å². The second-order valence-corrected chi connectivity index (χ2v) is 12.0. The molecule has 0 bridgehead atoms. The molecule has 2 aromatic carbocycles. The first-order valence-electron chi connectivity index (χ1n) is 12.5. The Kier molecular flexibility index (Phi) is 4.24. The Hall–Kier alpha value is -2.17. The Morgan fingerprint density at radius 1 is 1.18 bits per heavy atom. The predicted octanol–water partition coefficient (Wildman–Crippen LogP) is 7.10. The molecule has 1 spiro atoms. The van der Waals surface area contributed by atoms with Gasteiger partial charge in [0.1, 0.15) is 22.5 Å². The van der Waals surface area contributed by atoms with Crippen molar-refractivity contribution >= 4 is 21.6 Å². The minimum atomic E-state index is -0.0141. The standard InChI is InChI=1S/C29H31NO2S/c1-3-6-21-18-9-10-20-19(17(18)11-12-24(21)31)13-15-28(2)22(20)14-16-29(28)26(32-29)27-30-23-7-4-5-8-25(23)33-27/h3-5,7-8,11-12,19-20,22,26,31H,1,6,9-10,13-16H2,2H3/t19-,20-,22+,26+,28+,29-/m1/s1. The molecule has 1 aliphatic heterocycles. The van der Waals surface area contributed by atoms with Crippen molar-refractivity contribution in [2.75, 3.05) is 0 Å². The van der Waals surface area contributed by atoms with E-state index in [2.05, 4.69) is 43.8 Å². The van der Waals surface area contributed by atoms with Gasteiger partial charge >= 0.3 is 0 Å². The summed E-state index contributed by atoms with van der Waals surface area (Å²) in [5, 5.41) is 11.7. The van der Waals surface area contributed by atoms with Crippen LogP contribution in [-0.2, 0) is 17.6 Å². The minimum Gasteiger partial charge on any atom is -0.508 e. The first kappa shape index (κ1) is 20.2. The summed E-state index contributed by atoms with van der Waals surface area (Å²) in [5.41, 5.74) is 5.34. The molecule has 0 unspecified atom stereocenters. The molecule has 1 aromatic heterocycles. The summed E-state index contributed by atoms with van der Waals surface area (Å²) >= 11 is 1.82. The molecular formula is C29H31NO2S. The van der Waals surface area contributed by atoms with Gasteiger partial charge in [0.05, 0.1) is 10.2 Å². The van der Waals surface area contributed by atoms with Crippen LogP contribution in [0, 0.1) is 17.3 Å². The summed E-state index contributed by atoms with van der Waals surface area (Å²) in [7, 11) is 0. The van der Waals surface area contributed by atoms with Crippen LogP contribution in [0.5, 0.6) is 5.75 Å². The molecule has 1 N–H and O–H groups in total. The summed E-state index contributed by atoms with van der Waals surface area (Å²) in [6, 6.07) is 12.6. The van der Waals surface area contributed by atoms with Crippen LogP contribution in [0.4, 0.5) is 0 Å². The number of rotatable bonds is 3. The number of phenols is 1. The Morgan fingerprint density at radius 2 is 2.06 bits per heavy atom. The molecule has 3 aromatic rings. The van der Waals surface area contributed by atoms with Gasteiger partial charge in [0.2, 0.25) is 0 Å². The van der Waals surface area contributed by atoms with E-state index >= 15 is 0 Å². The summed E-state index contributed by atoms with van der Waals surface area (Å²) in [6.07, 6.45) is 10.0. The fourth-order valence-electron chi connectivity index (χ4n) is 8.19. The fraction of sp³-hybridized carbons (Fsp3) is 0.483. The molecule has 3 fully saturated rings. The average Bonchev–Trinajstić information content (AvgIpc) is 3.29. The molecule has 2 heterocycles. The Bertz CT molecular complexity index is 1250. The number of fused-ring (bicyclic) bond motifs is 7. The SMILES string of the molecule is C=CCc1c(O)ccc2c1CC[C@@H]1[C@@H]2CC[C@@]2(C)[C@H]1CC[C@]21O[C@H]1c1nc2ccccc2s1. The largest absolute Gasteiger partial charge is 0.508 e. The lowest BCUT2D eigenvalue weighted by molar-refractivity contribution is 0.0119. The van der Waals surface area contributed by atoms with Gasteiger partial charge in [-0.3, -0.25) is 0 Å². The van der Waals surface area contributed by atoms with E-state index in [1.54, 1.807) is 0 Å². The smallest absolute Gasteiger partial charge is 0.139 e. The molecule has 6 atom stereocenters. The van der Waals surface area contributed by atoms with Crippen LogP contribution < -0.4 is 0 Å². The molecule has 33 heavy (non-hydrogen) atoms. The number of hydrogen-bond acceptors (Lipinski definition) is 4. The number of nitrogens with zero attached hydrogens (tertiary/aromatic N) is 1. The Labute approximate surface area is 199 Å². The second-order valence-electron chi connectivity index (χ2n) is 10.9. The van der Waals surface area contributed by atoms with Gasteiger partial charge in [-0.2, -0.15) is 0 Å². The number of aromatic hydroxyl groups is 1. The van der Waals surface area contributed by atoms with Crippen molar-refractivity contribution in [2.24, 2.45) is 17.3 Å². The van der Waals surface area contributed by atoms with Gasteiger partial charge in [-0.1, -0.05) is 31.2 Å². The van der Waals surface area contributed by atoms with Crippen molar-refractivity contribution in [1.82, 2.24) is 4.98 Å². The molecule has 1 saturated heterocycles. The maximum absolute atomic E-state index is 10.5. The summed E-state index contributed by atoms with van der Waals surface area (Å²) in [5.74, 6) is 2.49. The second kappa shape index (κ2) is 6.93. The highest BCUT2D eigenvalue weighted by molar-refractivity contribution is 7.18. The van der Waals surface area contributed by atoms with E-state index in [0.29, 0.717) is 17.6 Å². The van der Waals surface area contributed by atoms with Crippen molar-refractivity contribution in [3.8, 4) is 5.75 Å². The van der Waals surface area contributed by atoms with E-state index < -0.39 is 0 Å². The Morgan fingerprint density at radius 3 is 2.91 bits per heavy atom. The van der Waals surface area contributed by atoms with Gasteiger partial charge in [-0.25, -0.2) is 4.98 Å². The highest BCUT2D eigenvalue weighted by Gasteiger charge is 2.74. The number of hydrogen-bond donors (Lipinski definition) is 1. The van der Waals surface area contributed by atoms with E-state index in [-0.39, 0.29) is 17.1 Å². The maximum atomic E-state index is 10.5. The molecule has 0 amide bonds. The van der Waals surface area contributed by atoms with Crippen LogP contribution in [-0.4, -0.2) is 15.7 Å². The van der Waals surface area contributed by atoms with Crippen LogP contribution in [0.25, 0.3) is 10.2 Å². The third-order valence-electron chi connectivity index (χ3n) is 9.77. The number of para-hydroxylation sites is 1. The first-order valence-corrected chi connectivity index (χ1v) is 13.4. The Balaban J connectivity index is 1.21. The molecule has 2 saturated carbocycles. The van der Waals surface area contributed by atoms with Crippen molar-refractivity contribution in [3.63, 3.8) is 0 Å². The van der Waals surface area contributed by atoms with Gasteiger partial charge in [0.15, 0.2) is 0 Å². The minimum absolute atomic E-state index is 0.0141. The summed E-state index contributed by atoms with van der Waals surface area (Å²) in [6.45, 7) is 6.45. The third-order valence-corrected chi connectivity index (χ3v) is 10.8. The monoisotopic (exact) mass is 457 g/mol. The summed E-state index contributed by atoms with van der Waals surface area (Å²) < 4.78 is 7.94. The highest BCUT2D eigenvalue weighted by Crippen LogP contribution is 2.75. The predicted molar refractivity (Wildman–Crippen MR) is 133 cm³/mol. The van der Waals surface area contributed by atoms with Gasteiger partial charge in [0.25, 0.3) is 0 Å². The average molecular weight is 458 g/mol. The van der Waals surface area contributed by atoms with Gasteiger partial charge in [-0.05, 0) is 92.0 Å². The lowest BCUT2D eigenvalue weighted by atomic mass is 9.53. The van der Waals surface area contributed by atoms with Crippen LogP contribution >= 0.6 is 11.3 Å². The zero-order chi connectivity index (χ0) is 22.4. The fourth-order valence-corrected chi connectivity index (χ4v) is 9.27. The number of allylic oxidation sites excluding steroid dienone is 1. The molecule has 3 aliphatic carbocycles. The zero-order valence-corrected chi connectivity index (χ0v) is 20.0. The van der Waals surface area contributed by atoms with E-state index in [1.807, 2.05) is 23.5 Å². The third kappa shape index (κ3) is 2.62. The van der Waals surface area contributed by atoms with Crippen LogP contribution in [0.1, 0.15) is 72.7 Å². The van der Waals surface area contributed by atoms with Crippen molar-refractivity contribution < 1.29 is 9.84 Å². The number of epoxide rings is 1. The first-order chi connectivity index (χ1) is 16.1. The van der Waals surface area contributed by atoms with E-state index in [9.17, 15) is 5.11 Å². The van der Waals surface area contributed by atoms with Crippen LogP contribution in [0.3, 0.4) is 0 Å². The number of benzene rings is 2. The molecule has 4 aliphatic rings. The number of thiazole rings is 1.